The highest BCUT2D eigenvalue weighted by atomic mass is 28.3. The molecule has 0 aliphatic carbocycles. The summed E-state index contributed by atoms with van der Waals surface area (Å²) in [7, 11) is -2.44. The Morgan fingerprint density at radius 3 is 1.65 bits per heavy atom. The molecule has 0 saturated carbocycles. The van der Waals surface area contributed by atoms with E-state index >= 15 is 0 Å². The lowest BCUT2D eigenvalue weighted by Gasteiger charge is -2.34. The lowest BCUT2D eigenvalue weighted by atomic mass is 9.95. The van der Waals surface area contributed by atoms with Gasteiger partial charge in [-0.25, -0.2) is 0 Å². The smallest absolute Gasteiger partial charge is 0.0651 e. The van der Waals surface area contributed by atoms with E-state index in [2.05, 4.69) is 112 Å². The number of hydrogen-bond donors (Lipinski definition) is 0. The summed E-state index contributed by atoms with van der Waals surface area (Å²) in [6, 6.07) is 35.2. The summed E-state index contributed by atoms with van der Waals surface area (Å²) in [6.07, 6.45) is 6.96. The fraction of sp³-hybridized carbons (Fsp3) is 0.273. The third-order valence-electron chi connectivity index (χ3n) is 7.46. The van der Waals surface area contributed by atoms with Gasteiger partial charge in [-0.15, -0.1) is 0 Å². The van der Waals surface area contributed by atoms with E-state index in [1.54, 1.807) is 21.5 Å². The molecule has 0 nitrogen and oxygen atoms in total. The second-order valence-electron chi connectivity index (χ2n) is 9.75. The molecule has 0 aromatic heterocycles. The number of aryl methyl sites for hydroxylation is 3. The van der Waals surface area contributed by atoms with Gasteiger partial charge in [0.1, 0.15) is 0 Å². The van der Waals surface area contributed by atoms with Crippen LogP contribution in [-0.4, -0.2) is 8.07 Å². The van der Waals surface area contributed by atoms with Crippen molar-refractivity contribution in [3.63, 3.8) is 0 Å². The summed E-state index contributed by atoms with van der Waals surface area (Å²) in [5, 5.41) is 6.34. The van der Waals surface area contributed by atoms with Gasteiger partial charge in [-0.1, -0.05) is 131 Å². The number of fused-ring (bicyclic) bond motifs is 3. The lowest BCUT2D eigenvalue weighted by molar-refractivity contribution is 0.900. The highest BCUT2D eigenvalue weighted by molar-refractivity contribution is 7.22. The Morgan fingerprint density at radius 2 is 1.06 bits per heavy atom. The third kappa shape index (κ3) is 3.58. The zero-order valence-electron chi connectivity index (χ0n) is 20.9. The van der Waals surface area contributed by atoms with Crippen LogP contribution in [0.4, 0.5) is 0 Å². The minimum Gasteiger partial charge on any atom is -0.0651 e. The molecule has 0 bridgehead atoms. The number of hydrogen-bond acceptors (Lipinski definition) is 0. The van der Waals surface area contributed by atoms with E-state index in [1.807, 2.05) is 0 Å². The molecule has 4 aromatic rings. The molecular formula is C33H36Si. The van der Waals surface area contributed by atoms with Crippen LogP contribution < -0.4 is 20.7 Å². The Bertz CT molecular complexity index is 1230. The summed E-state index contributed by atoms with van der Waals surface area (Å²) in [5.74, 6) is 0. The van der Waals surface area contributed by atoms with E-state index in [-0.39, 0.29) is 0 Å². The Kier molecular flexibility index (Phi) is 6.56. The van der Waals surface area contributed by atoms with Crippen molar-refractivity contribution >= 4 is 28.8 Å². The van der Waals surface area contributed by atoms with E-state index < -0.39 is 8.07 Å². The minimum absolute atomic E-state index is 1.14. The van der Waals surface area contributed by atoms with Crippen LogP contribution in [0.5, 0.6) is 0 Å². The van der Waals surface area contributed by atoms with Crippen molar-refractivity contribution in [3.8, 4) is 11.1 Å². The van der Waals surface area contributed by atoms with Crippen LogP contribution >= 0.6 is 0 Å². The Labute approximate surface area is 206 Å². The first-order valence-electron chi connectivity index (χ1n) is 13.2. The first-order valence-corrected chi connectivity index (χ1v) is 15.2. The SMILES string of the molecule is CCCc1cc(CCC)c2c(c1)-c1cccc(CCC)c1[Si]2(c1ccccc1)c1ccccc1. The van der Waals surface area contributed by atoms with E-state index in [4.69, 9.17) is 0 Å². The second kappa shape index (κ2) is 9.76. The highest BCUT2D eigenvalue weighted by Gasteiger charge is 2.50. The van der Waals surface area contributed by atoms with Gasteiger partial charge in [0.15, 0.2) is 8.07 Å². The van der Waals surface area contributed by atoms with Crippen LogP contribution in [0, 0.1) is 0 Å². The van der Waals surface area contributed by atoms with Gasteiger partial charge >= 0.3 is 0 Å². The van der Waals surface area contributed by atoms with Crippen molar-refractivity contribution in [3.05, 3.63) is 108 Å². The van der Waals surface area contributed by atoms with Crippen LogP contribution in [0.3, 0.4) is 0 Å². The summed E-state index contributed by atoms with van der Waals surface area (Å²) < 4.78 is 0. The van der Waals surface area contributed by atoms with Crippen molar-refractivity contribution in [2.24, 2.45) is 0 Å². The first kappa shape index (κ1) is 22.9. The van der Waals surface area contributed by atoms with E-state index in [1.165, 1.54) is 46.3 Å². The number of rotatable bonds is 8. The predicted octanol–water partition coefficient (Wildman–Crippen LogP) is 5.90. The van der Waals surface area contributed by atoms with Crippen molar-refractivity contribution in [1.29, 1.82) is 0 Å². The van der Waals surface area contributed by atoms with Crippen LogP contribution in [0.1, 0.15) is 56.7 Å². The van der Waals surface area contributed by atoms with Crippen LogP contribution in [-0.2, 0) is 19.3 Å². The Morgan fingerprint density at radius 1 is 0.500 bits per heavy atom. The van der Waals surface area contributed by atoms with E-state index in [9.17, 15) is 0 Å². The van der Waals surface area contributed by atoms with Gasteiger partial charge in [-0.2, -0.15) is 0 Å². The molecule has 172 valence electrons. The average Bonchev–Trinajstić information content (AvgIpc) is 3.18. The molecule has 0 saturated heterocycles. The summed E-state index contributed by atoms with van der Waals surface area (Å²) >= 11 is 0. The maximum atomic E-state index is 2.56. The monoisotopic (exact) mass is 460 g/mol. The molecule has 5 rings (SSSR count). The minimum atomic E-state index is -2.44. The molecule has 0 fully saturated rings. The molecule has 0 amide bonds. The van der Waals surface area contributed by atoms with Crippen molar-refractivity contribution in [2.75, 3.05) is 0 Å². The standard InChI is InChI=1S/C33H36Si/c1-4-14-25-23-27(16-6-3)33-31(24-25)30-22-13-17-26(15-5-2)32(30)34(33,28-18-9-7-10-19-28)29-20-11-8-12-21-29/h7-13,17-24H,4-6,14-16H2,1-3H3. The molecule has 0 radical (unpaired) electrons. The topological polar surface area (TPSA) is 0 Å². The zero-order valence-corrected chi connectivity index (χ0v) is 21.9. The fourth-order valence-corrected chi connectivity index (χ4v) is 12.0. The average molecular weight is 461 g/mol. The zero-order chi connectivity index (χ0) is 23.5. The van der Waals surface area contributed by atoms with Crippen molar-refractivity contribution < 1.29 is 0 Å². The van der Waals surface area contributed by atoms with Crippen LogP contribution in [0.25, 0.3) is 11.1 Å². The maximum Gasteiger partial charge on any atom is 0.181 e. The molecule has 0 atom stereocenters. The molecule has 1 heteroatoms. The third-order valence-corrected chi connectivity index (χ3v) is 12.5. The van der Waals surface area contributed by atoms with Gasteiger partial charge < -0.3 is 0 Å². The molecule has 1 aliphatic heterocycles. The maximum absolute atomic E-state index is 2.56. The van der Waals surface area contributed by atoms with Crippen molar-refractivity contribution in [2.45, 2.75) is 59.3 Å². The van der Waals surface area contributed by atoms with Gasteiger partial charge in [0, 0.05) is 0 Å². The molecule has 0 spiro atoms. The molecule has 4 aromatic carbocycles. The summed E-state index contributed by atoms with van der Waals surface area (Å²) in [6.45, 7) is 6.95. The highest BCUT2D eigenvalue weighted by Crippen LogP contribution is 2.33. The quantitative estimate of drug-likeness (QED) is 0.253. The Balaban J connectivity index is 1.99. The van der Waals surface area contributed by atoms with Crippen LogP contribution in [0.15, 0.2) is 91.0 Å². The first-order chi connectivity index (χ1) is 16.7. The van der Waals surface area contributed by atoms with Gasteiger partial charge in [-0.05, 0) is 67.8 Å². The Hall–Kier alpha value is -2.90. The lowest BCUT2D eigenvalue weighted by Crippen LogP contribution is -2.74. The van der Waals surface area contributed by atoms with E-state index in [0.717, 1.165) is 19.3 Å². The molecule has 1 heterocycles. The van der Waals surface area contributed by atoms with E-state index in [0.29, 0.717) is 0 Å². The second-order valence-corrected chi connectivity index (χ2v) is 13.4. The fourth-order valence-electron chi connectivity index (χ4n) is 6.31. The van der Waals surface area contributed by atoms with Gasteiger partial charge in [0.05, 0.1) is 0 Å². The molecule has 0 unspecified atom stereocenters. The molecule has 1 aliphatic rings. The largest absolute Gasteiger partial charge is 0.181 e. The summed E-state index contributed by atoms with van der Waals surface area (Å²) in [4.78, 5) is 0. The number of benzene rings is 4. The van der Waals surface area contributed by atoms with Gasteiger partial charge in [-0.3, -0.25) is 0 Å². The summed E-state index contributed by atoms with van der Waals surface area (Å²) in [5.41, 5.74) is 7.65. The normalized spacial score (nSPS) is 13.5. The molecular weight excluding hydrogens is 424 g/mol. The van der Waals surface area contributed by atoms with Crippen LogP contribution in [0.2, 0.25) is 0 Å². The van der Waals surface area contributed by atoms with Gasteiger partial charge in [0.2, 0.25) is 0 Å². The molecule has 0 N–H and O–H groups in total. The van der Waals surface area contributed by atoms with Crippen molar-refractivity contribution in [1.82, 2.24) is 0 Å². The predicted molar refractivity (Wildman–Crippen MR) is 151 cm³/mol. The van der Waals surface area contributed by atoms with Gasteiger partial charge in [0.25, 0.3) is 0 Å². The molecule has 34 heavy (non-hydrogen) atoms.